The maximum absolute atomic E-state index is 9.99. The minimum Gasteiger partial charge on any atom is -0.393 e. The highest BCUT2D eigenvalue weighted by atomic mass is 16.3. The lowest BCUT2D eigenvalue weighted by Crippen LogP contribution is -2.46. The molecule has 0 bridgehead atoms. The first-order chi connectivity index (χ1) is 7.25. The molecule has 0 spiro atoms. The van der Waals surface area contributed by atoms with Gasteiger partial charge in [0.1, 0.15) is 6.23 Å². The molecule has 0 amide bonds. The Morgan fingerprint density at radius 2 is 1.67 bits per heavy atom. The lowest BCUT2D eigenvalue weighted by molar-refractivity contribution is -0.0211. The zero-order chi connectivity index (χ0) is 10.7. The van der Waals surface area contributed by atoms with Crippen molar-refractivity contribution in [3.05, 3.63) is 0 Å². The second-order valence-electron chi connectivity index (χ2n) is 4.76. The molecule has 0 aromatic carbocycles. The van der Waals surface area contributed by atoms with Gasteiger partial charge < -0.3 is 10.2 Å². The standard InChI is InChI=1S/C11H22N2O2/c14-10-3-7-12(8-4-10)9-11(15)13-5-1-2-6-13/h10-11,14-15H,1-9H2. The van der Waals surface area contributed by atoms with Crippen LogP contribution in [0, 0.1) is 0 Å². The molecule has 0 aliphatic carbocycles. The van der Waals surface area contributed by atoms with Crippen LogP contribution in [-0.2, 0) is 0 Å². The van der Waals surface area contributed by atoms with Crippen LogP contribution in [0.25, 0.3) is 0 Å². The lowest BCUT2D eigenvalue weighted by atomic mass is 10.1. The molecule has 15 heavy (non-hydrogen) atoms. The molecule has 2 rings (SSSR count). The van der Waals surface area contributed by atoms with E-state index in [-0.39, 0.29) is 12.3 Å². The van der Waals surface area contributed by atoms with Gasteiger partial charge in [0, 0.05) is 32.7 Å². The summed E-state index contributed by atoms with van der Waals surface area (Å²) in [7, 11) is 0. The van der Waals surface area contributed by atoms with Gasteiger partial charge in [-0.05, 0) is 25.7 Å². The molecule has 1 unspecified atom stereocenters. The van der Waals surface area contributed by atoms with E-state index in [1.165, 1.54) is 12.8 Å². The average molecular weight is 214 g/mol. The normalized spacial score (nSPS) is 28.4. The summed E-state index contributed by atoms with van der Waals surface area (Å²) >= 11 is 0. The zero-order valence-corrected chi connectivity index (χ0v) is 9.31. The molecular weight excluding hydrogens is 192 g/mol. The van der Waals surface area contributed by atoms with Gasteiger partial charge in [0.25, 0.3) is 0 Å². The predicted molar refractivity (Wildman–Crippen MR) is 58.5 cm³/mol. The number of nitrogens with zero attached hydrogens (tertiary/aromatic N) is 2. The third kappa shape index (κ3) is 3.14. The Bertz CT molecular complexity index is 187. The van der Waals surface area contributed by atoms with Crippen LogP contribution in [-0.4, -0.2) is 65.1 Å². The molecule has 4 heteroatoms. The molecule has 2 heterocycles. The molecule has 2 saturated heterocycles. The monoisotopic (exact) mass is 214 g/mol. The van der Waals surface area contributed by atoms with Gasteiger partial charge >= 0.3 is 0 Å². The summed E-state index contributed by atoms with van der Waals surface area (Å²) in [6.07, 6.45) is 3.72. The van der Waals surface area contributed by atoms with Gasteiger partial charge in [0.05, 0.1) is 6.10 Å². The number of aliphatic hydroxyl groups is 2. The fourth-order valence-corrected chi connectivity index (χ4v) is 2.49. The SMILES string of the molecule is OC1CCN(CC(O)N2CCCC2)CC1. The largest absolute Gasteiger partial charge is 0.393 e. The van der Waals surface area contributed by atoms with Crippen molar-refractivity contribution in [3.8, 4) is 0 Å². The Labute approximate surface area is 91.5 Å². The number of aliphatic hydroxyl groups excluding tert-OH is 2. The summed E-state index contributed by atoms with van der Waals surface area (Å²) in [4.78, 5) is 4.42. The third-order valence-electron chi connectivity index (χ3n) is 3.54. The fraction of sp³-hybridized carbons (Fsp3) is 1.00. The first-order valence-corrected chi connectivity index (χ1v) is 6.08. The minimum atomic E-state index is -0.303. The summed E-state index contributed by atoms with van der Waals surface area (Å²) in [5, 5.41) is 19.4. The van der Waals surface area contributed by atoms with E-state index in [9.17, 15) is 10.2 Å². The molecule has 0 saturated carbocycles. The van der Waals surface area contributed by atoms with E-state index in [2.05, 4.69) is 9.80 Å². The van der Waals surface area contributed by atoms with Crippen molar-refractivity contribution in [3.63, 3.8) is 0 Å². The van der Waals surface area contributed by atoms with E-state index >= 15 is 0 Å². The Morgan fingerprint density at radius 1 is 1.07 bits per heavy atom. The summed E-state index contributed by atoms with van der Waals surface area (Å²) in [5.41, 5.74) is 0. The predicted octanol–water partition coefficient (Wildman–Crippen LogP) is -0.143. The van der Waals surface area contributed by atoms with Gasteiger partial charge in [-0.15, -0.1) is 0 Å². The van der Waals surface area contributed by atoms with E-state index in [1.807, 2.05) is 0 Å². The molecule has 88 valence electrons. The Morgan fingerprint density at radius 3 is 2.27 bits per heavy atom. The van der Waals surface area contributed by atoms with Crippen LogP contribution in [0.5, 0.6) is 0 Å². The van der Waals surface area contributed by atoms with E-state index in [0.29, 0.717) is 0 Å². The van der Waals surface area contributed by atoms with Crippen LogP contribution in [0.1, 0.15) is 25.7 Å². The number of hydrogen-bond acceptors (Lipinski definition) is 4. The highest BCUT2D eigenvalue weighted by molar-refractivity contribution is 4.76. The summed E-state index contributed by atoms with van der Waals surface area (Å²) in [6, 6.07) is 0. The topological polar surface area (TPSA) is 46.9 Å². The molecule has 0 aromatic heterocycles. The maximum Gasteiger partial charge on any atom is 0.120 e. The van der Waals surface area contributed by atoms with Crippen LogP contribution in [0.15, 0.2) is 0 Å². The van der Waals surface area contributed by atoms with Gasteiger partial charge in [0.15, 0.2) is 0 Å². The first kappa shape index (κ1) is 11.3. The van der Waals surface area contributed by atoms with Gasteiger partial charge in [-0.2, -0.15) is 0 Å². The van der Waals surface area contributed by atoms with Crippen molar-refractivity contribution in [1.29, 1.82) is 0 Å². The molecule has 0 radical (unpaired) electrons. The second-order valence-corrected chi connectivity index (χ2v) is 4.76. The van der Waals surface area contributed by atoms with Crippen LogP contribution in [0.2, 0.25) is 0 Å². The van der Waals surface area contributed by atoms with Crippen molar-refractivity contribution >= 4 is 0 Å². The Balaban J connectivity index is 1.71. The Kier molecular flexibility index (Phi) is 3.97. The second kappa shape index (κ2) is 5.25. The number of hydrogen-bond donors (Lipinski definition) is 2. The van der Waals surface area contributed by atoms with Gasteiger partial charge in [-0.3, -0.25) is 9.80 Å². The van der Waals surface area contributed by atoms with Crippen molar-refractivity contribution in [1.82, 2.24) is 9.80 Å². The zero-order valence-electron chi connectivity index (χ0n) is 9.31. The van der Waals surface area contributed by atoms with Crippen LogP contribution >= 0.6 is 0 Å². The fourth-order valence-electron chi connectivity index (χ4n) is 2.49. The molecule has 2 aliphatic rings. The lowest BCUT2D eigenvalue weighted by Gasteiger charge is -2.33. The highest BCUT2D eigenvalue weighted by Crippen LogP contribution is 2.14. The Hall–Kier alpha value is -0.160. The van der Waals surface area contributed by atoms with Crippen LogP contribution in [0.4, 0.5) is 0 Å². The van der Waals surface area contributed by atoms with Crippen LogP contribution in [0.3, 0.4) is 0 Å². The molecule has 2 fully saturated rings. The quantitative estimate of drug-likeness (QED) is 0.686. The maximum atomic E-state index is 9.99. The van der Waals surface area contributed by atoms with E-state index in [0.717, 1.165) is 45.6 Å². The van der Waals surface area contributed by atoms with Crippen molar-refractivity contribution in [2.75, 3.05) is 32.7 Å². The summed E-state index contributed by atoms with van der Waals surface area (Å²) < 4.78 is 0. The third-order valence-corrected chi connectivity index (χ3v) is 3.54. The smallest absolute Gasteiger partial charge is 0.120 e. The number of piperidine rings is 1. The number of likely N-dealkylation sites (tertiary alicyclic amines) is 2. The van der Waals surface area contributed by atoms with Gasteiger partial charge in [-0.25, -0.2) is 0 Å². The highest BCUT2D eigenvalue weighted by Gasteiger charge is 2.24. The number of rotatable bonds is 3. The van der Waals surface area contributed by atoms with Crippen molar-refractivity contribution in [2.45, 2.75) is 38.0 Å². The van der Waals surface area contributed by atoms with E-state index in [1.54, 1.807) is 0 Å². The molecule has 2 N–H and O–H groups in total. The van der Waals surface area contributed by atoms with E-state index < -0.39 is 0 Å². The minimum absolute atomic E-state index is 0.120. The van der Waals surface area contributed by atoms with Gasteiger partial charge in [0.2, 0.25) is 0 Å². The van der Waals surface area contributed by atoms with E-state index in [4.69, 9.17) is 0 Å². The van der Waals surface area contributed by atoms with Gasteiger partial charge in [-0.1, -0.05) is 0 Å². The first-order valence-electron chi connectivity index (χ1n) is 6.08. The van der Waals surface area contributed by atoms with Crippen molar-refractivity contribution in [2.24, 2.45) is 0 Å². The van der Waals surface area contributed by atoms with Crippen LogP contribution < -0.4 is 0 Å². The summed E-state index contributed by atoms with van der Waals surface area (Å²) in [5.74, 6) is 0. The number of β-amino-alcohol motifs (C(OH)–C–C–N with tert-alkyl or cyclic N) is 1. The molecule has 1 atom stereocenters. The molecule has 2 aliphatic heterocycles. The molecular formula is C11H22N2O2. The molecule has 4 nitrogen and oxygen atoms in total. The average Bonchev–Trinajstić information content (AvgIpc) is 2.74. The summed E-state index contributed by atoms with van der Waals surface area (Å²) in [6.45, 7) is 4.67. The molecule has 0 aromatic rings. The van der Waals surface area contributed by atoms with Crippen molar-refractivity contribution < 1.29 is 10.2 Å².